The maximum Gasteiger partial charge on any atom is 0.459 e. The van der Waals surface area contributed by atoms with Gasteiger partial charge < -0.3 is 24.5 Å². The first-order valence-electron chi connectivity index (χ1n) is 20.9. The molecule has 3 unspecified atom stereocenters. The third-order valence-electron chi connectivity index (χ3n) is 9.99. The van der Waals surface area contributed by atoms with Crippen molar-refractivity contribution in [3.8, 4) is 18.1 Å². The van der Waals surface area contributed by atoms with E-state index in [1.807, 2.05) is 0 Å². The number of esters is 2. The lowest BCUT2D eigenvalue weighted by atomic mass is 9.98. The number of aromatic nitrogens is 4. The Labute approximate surface area is 342 Å². The third-order valence-corrected chi connectivity index (χ3v) is 11.6. The van der Waals surface area contributed by atoms with Crippen LogP contribution in [0.3, 0.4) is 0 Å². The maximum atomic E-state index is 14.4. The smallest absolute Gasteiger partial charge is 0.459 e. The Morgan fingerprint density at radius 1 is 1.00 bits per heavy atom. The normalized spacial score (nSPS) is 19.5. The zero-order chi connectivity index (χ0) is 42.0. The third kappa shape index (κ3) is 14.3. The van der Waals surface area contributed by atoms with E-state index >= 15 is 0 Å². The van der Waals surface area contributed by atoms with Gasteiger partial charge in [0.1, 0.15) is 30.7 Å². The lowest BCUT2D eigenvalue weighted by Crippen LogP contribution is -2.45. The van der Waals surface area contributed by atoms with E-state index in [0.29, 0.717) is 6.42 Å². The number of nitrogens with two attached hydrogens (primary N) is 1. The first-order valence-corrected chi connectivity index (χ1v) is 22.4. The summed E-state index contributed by atoms with van der Waals surface area (Å²) in [6.07, 6.45) is 21.9. The fourth-order valence-electron chi connectivity index (χ4n) is 6.84. The van der Waals surface area contributed by atoms with Crippen molar-refractivity contribution >= 4 is 36.7 Å². The summed E-state index contributed by atoms with van der Waals surface area (Å²) in [6, 6.07) is 7.09. The number of ether oxygens (including phenoxy) is 3. The molecule has 58 heavy (non-hydrogen) atoms. The molecular weight excluding hydrogens is 766 g/mol. The first kappa shape index (κ1) is 46.6. The molecule has 320 valence electrons. The Bertz CT molecular complexity index is 1820. The Kier molecular flexibility index (Phi) is 18.9. The number of rotatable bonds is 27. The van der Waals surface area contributed by atoms with Crippen molar-refractivity contribution in [1.29, 1.82) is 0 Å². The Morgan fingerprint density at radius 2 is 1.60 bits per heavy atom. The SMILES string of the molecule is C#CC1(CO[P@@](=O)(N[C@@H](C)C(=O)OC(C)C)Oc2ccccc2)OC(n2cnc3c(N)nc(F)nc32)CC1OC(=O)CCCCCCCCCCCCCCCCC. The summed E-state index contributed by atoms with van der Waals surface area (Å²) >= 11 is 0. The lowest BCUT2D eigenvalue weighted by molar-refractivity contribution is -0.158. The Balaban J connectivity index is 1.40. The van der Waals surface area contributed by atoms with Crippen LogP contribution in [0.5, 0.6) is 5.75 Å². The van der Waals surface area contributed by atoms with Crippen LogP contribution in [0, 0.1) is 18.4 Å². The minimum Gasteiger partial charge on any atom is -0.462 e. The van der Waals surface area contributed by atoms with Crippen LogP contribution in [0.25, 0.3) is 11.2 Å². The molecule has 3 heterocycles. The van der Waals surface area contributed by atoms with Gasteiger partial charge in [0.2, 0.25) is 0 Å². The molecule has 1 saturated heterocycles. The monoisotopic (exact) mass is 828 g/mol. The summed E-state index contributed by atoms with van der Waals surface area (Å²) in [4.78, 5) is 37.7. The van der Waals surface area contributed by atoms with E-state index in [4.69, 9.17) is 35.4 Å². The molecular formula is C42H62FN6O8P. The molecule has 1 aliphatic heterocycles. The Morgan fingerprint density at radius 3 is 2.19 bits per heavy atom. The number of hydrogen-bond donors (Lipinski definition) is 2. The molecule has 1 fully saturated rings. The number of carbonyl (C=O) groups excluding carboxylic acids is 2. The van der Waals surface area contributed by atoms with Gasteiger partial charge in [-0.15, -0.1) is 6.42 Å². The minimum atomic E-state index is -4.41. The molecule has 3 N–H and O–H groups in total. The van der Waals surface area contributed by atoms with E-state index in [1.165, 1.54) is 88.4 Å². The number of anilines is 1. The van der Waals surface area contributed by atoms with Gasteiger partial charge in [0, 0.05) is 12.8 Å². The van der Waals surface area contributed by atoms with E-state index in [2.05, 4.69) is 32.9 Å². The zero-order valence-electron chi connectivity index (χ0n) is 34.5. The van der Waals surface area contributed by atoms with Gasteiger partial charge in [0.15, 0.2) is 22.6 Å². The molecule has 16 heteroatoms. The van der Waals surface area contributed by atoms with Crippen molar-refractivity contribution in [3.05, 3.63) is 42.7 Å². The van der Waals surface area contributed by atoms with Gasteiger partial charge in [-0.1, -0.05) is 121 Å². The fraction of sp³-hybridized carbons (Fsp3) is 0.643. The molecule has 0 bridgehead atoms. The van der Waals surface area contributed by atoms with Crippen LogP contribution in [0.15, 0.2) is 36.7 Å². The highest BCUT2D eigenvalue weighted by Crippen LogP contribution is 2.48. The number of imidazole rings is 1. The standard InChI is InChI=1S/C42H62FN6O8P/c1-6-8-9-10-11-12-13-14-15-16-17-18-19-20-24-27-36(50)55-34-28-35(49-30-45-37-38(44)46-41(43)47-39(37)49)56-42(34,7-2)29-53-58(52,57-33-25-22-21-23-26-33)48-32(5)40(51)54-31(3)4/h2,21-23,25-26,30-32,34-35H,6,8-20,24,27-29H2,1,3-5H3,(H,48,52)(H2,44,46,47)/t32-,34?,35?,42?,58-/m0/s1. The largest absolute Gasteiger partial charge is 0.462 e. The van der Waals surface area contributed by atoms with Crippen molar-refractivity contribution in [2.45, 2.75) is 167 Å². The van der Waals surface area contributed by atoms with Crippen LogP contribution >= 0.6 is 7.75 Å². The second kappa shape index (κ2) is 23.5. The molecule has 4 rings (SSSR count). The molecule has 0 aliphatic carbocycles. The van der Waals surface area contributed by atoms with Crippen molar-refractivity contribution < 1.29 is 41.8 Å². The van der Waals surface area contributed by atoms with Crippen molar-refractivity contribution in [2.24, 2.45) is 0 Å². The number of unbranched alkanes of at least 4 members (excludes halogenated alkanes) is 14. The average Bonchev–Trinajstić information content (AvgIpc) is 3.77. The van der Waals surface area contributed by atoms with Gasteiger partial charge in [-0.05, 0) is 39.3 Å². The number of halogens is 1. The number of benzene rings is 1. The predicted molar refractivity (Wildman–Crippen MR) is 220 cm³/mol. The van der Waals surface area contributed by atoms with E-state index in [-0.39, 0.29) is 35.6 Å². The second-order valence-electron chi connectivity index (χ2n) is 15.2. The van der Waals surface area contributed by atoms with E-state index in [9.17, 15) is 18.5 Å². The number of carbonyl (C=O) groups is 2. The fourth-order valence-corrected chi connectivity index (χ4v) is 8.37. The first-order chi connectivity index (χ1) is 27.9. The molecule has 1 aromatic carbocycles. The topological polar surface area (TPSA) is 179 Å². The number of hydrogen-bond acceptors (Lipinski definition) is 12. The van der Waals surface area contributed by atoms with E-state index < -0.39 is 62.4 Å². The number of fused-ring (bicyclic) bond motifs is 1. The molecule has 1 aliphatic rings. The summed E-state index contributed by atoms with van der Waals surface area (Å²) in [7, 11) is -4.41. The van der Waals surface area contributed by atoms with Gasteiger partial charge in [-0.2, -0.15) is 19.4 Å². The summed E-state index contributed by atoms with van der Waals surface area (Å²) in [5.41, 5.74) is 4.24. The van der Waals surface area contributed by atoms with Gasteiger partial charge in [-0.3, -0.25) is 18.7 Å². The molecule has 5 atom stereocenters. The van der Waals surface area contributed by atoms with Crippen molar-refractivity contribution in [1.82, 2.24) is 24.6 Å². The summed E-state index contributed by atoms with van der Waals surface area (Å²) in [5.74, 6) is 1.39. The molecule has 3 aromatic rings. The van der Waals surface area contributed by atoms with E-state index in [1.54, 1.807) is 44.2 Å². The number of para-hydroxylation sites is 1. The lowest BCUT2D eigenvalue weighted by Gasteiger charge is -2.31. The highest BCUT2D eigenvalue weighted by molar-refractivity contribution is 7.52. The van der Waals surface area contributed by atoms with Crippen LogP contribution in [-0.2, 0) is 32.9 Å². The highest BCUT2D eigenvalue weighted by Gasteiger charge is 2.53. The van der Waals surface area contributed by atoms with E-state index in [0.717, 1.165) is 19.3 Å². The van der Waals surface area contributed by atoms with Crippen LogP contribution in [-0.4, -0.2) is 61.9 Å². The second-order valence-corrected chi connectivity index (χ2v) is 16.9. The number of nitrogen functional groups attached to an aromatic ring is 1. The number of terminal acetylenes is 1. The molecule has 2 aromatic heterocycles. The van der Waals surface area contributed by atoms with Gasteiger partial charge in [0.05, 0.1) is 12.4 Å². The quantitative estimate of drug-likeness (QED) is 0.0245. The zero-order valence-corrected chi connectivity index (χ0v) is 35.4. The Hall–Kier alpha value is -4.09. The minimum absolute atomic E-state index is 0.0243. The predicted octanol–water partition coefficient (Wildman–Crippen LogP) is 9.15. The van der Waals surface area contributed by atoms with Crippen LogP contribution in [0.1, 0.15) is 143 Å². The molecule has 0 amide bonds. The van der Waals surface area contributed by atoms with Gasteiger partial charge in [-0.25, -0.2) is 9.55 Å². The molecule has 0 spiro atoms. The summed E-state index contributed by atoms with van der Waals surface area (Å²) in [5, 5.41) is 2.63. The molecule has 0 saturated carbocycles. The summed E-state index contributed by atoms with van der Waals surface area (Å²) < 4.78 is 59.5. The van der Waals surface area contributed by atoms with Crippen LogP contribution in [0.4, 0.5) is 10.2 Å². The molecule has 0 radical (unpaired) electrons. The van der Waals surface area contributed by atoms with Gasteiger partial charge >= 0.3 is 25.8 Å². The highest BCUT2D eigenvalue weighted by atomic mass is 31.2. The van der Waals surface area contributed by atoms with Crippen molar-refractivity contribution in [2.75, 3.05) is 12.3 Å². The van der Waals surface area contributed by atoms with Crippen LogP contribution < -0.4 is 15.3 Å². The average molecular weight is 829 g/mol. The molecule has 14 nitrogen and oxygen atoms in total. The summed E-state index contributed by atoms with van der Waals surface area (Å²) in [6.45, 7) is 6.46. The van der Waals surface area contributed by atoms with Crippen LogP contribution in [0.2, 0.25) is 0 Å². The number of nitrogens with zero attached hydrogens (tertiary/aromatic N) is 4. The maximum absolute atomic E-state index is 14.4. The van der Waals surface area contributed by atoms with Crippen molar-refractivity contribution in [3.63, 3.8) is 0 Å². The van der Waals surface area contributed by atoms with Gasteiger partial charge in [0.25, 0.3) is 0 Å². The number of nitrogens with one attached hydrogen (secondary N) is 1.